The zero-order valence-electron chi connectivity index (χ0n) is 14.6. The van der Waals surface area contributed by atoms with Crippen LogP contribution in [-0.4, -0.2) is 31.7 Å². The molecule has 1 aliphatic heterocycles. The highest BCUT2D eigenvalue weighted by atomic mass is 35.5. The van der Waals surface area contributed by atoms with Crippen molar-refractivity contribution < 1.29 is 18.7 Å². The molecule has 0 aromatic heterocycles. The number of likely N-dealkylation sites (tertiary alicyclic amines) is 1. The Morgan fingerprint density at radius 1 is 1.23 bits per heavy atom. The van der Waals surface area contributed by atoms with Gasteiger partial charge in [-0.1, -0.05) is 23.7 Å². The lowest BCUT2D eigenvalue weighted by atomic mass is 10.0. The maximum atomic E-state index is 13.5. The largest absolute Gasteiger partial charge is 0.495 e. The van der Waals surface area contributed by atoms with Gasteiger partial charge in [-0.3, -0.25) is 0 Å². The molecule has 0 saturated carbocycles. The third-order valence-corrected chi connectivity index (χ3v) is 4.76. The van der Waals surface area contributed by atoms with Crippen molar-refractivity contribution in [2.24, 2.45) is 0 Å². The fraction of sp³-hybridized carbons (Fsp3) is 0.316. The summed E-state index contributed by atoms with van der Waals surface area (Å²) in [6.07, 6.45) is 1.65. The number of carbonyl (C=O) groups is 1. The smallest absolute Gasteiger partial charge is 0.322 e. The first-order chi connectivity index (χ1) is 12.5. The highest BCUT2D eigenvalue weighted by molar-refractivity contribution is 6.32. The van der Waals surface area contributed by atoms with E-state index in [4.69, 9.17) is 21.1 Å². The second-order valence-electron chi connectivity index (χ2n) is 6.02. The Bertz CT molecular complexity index is 815. The highest BCUT2D eigenvalue weighted by Crippen LogP contribution is 2.37. The topological polar surface area (TPSA) is 50.8 Å². The maximum Gasteiger partial charge on any atom is 0.322 e. The molecule has 3 rings (SSSR count). The monoisotopic (exact) mass is 378 g/mol. The van der Waals surface area contributed by atoms with Crippen molar-refractivity contribution in [1.29, 1.82) is 0 Å². The number of nitrogens with one attached hydrogen (secondary N) is 1. The summed E-state index contributed by atoms with van der Waals surface area (Å²) in [5.74, 6) is 0.597. The molecule has 0 spiro atoms. The molecule has 1 saturated heterocycles. The Labute approximate surface area is 156 Å². The first-order valence-corrected chi connectivity index (χ1v) is 8.66. The summed E-state index contributed by atoms with van der Waals surface area (Å²) in [5, 5.41) is 3.21. The molecule has 5 nitrogen and oxygen atoms in total. The van der Waals surface area contributed by atoms with Gasteiger partial charge < -0.3 is 19.7 Å². The number of hydrogen-bond donors (Lipinski definition) is 1. The van der Waals surface area contributed by atoms with Crippen LogP contribution in [0.1, 0.15) is 24.4 Å². The predicted molar refractivity (Wildman–Crippen MR) is 98.7 cm³/mol. The van der Waals surface area contributed by atoms with Crippen molar-refractivity contribution in [3.8, 4) is 11.5 Å². The van der Waals surface area contributed by atoms with Gasteiger partial charge in [-0.25, -0.2) is 9.18 Å². The third kappa shape index (κ3) is 3.70. The van der Waals surface area contributed by atoms with Crippen LogP contribution in [0.2, 0.25) is 5.02 Å². The lowest BCUT2D eigenvalue weighted by Gasteiger charge is -2.26. The molecule has 7 heteroatoms. The van der Waals surface area contributed by atoms with Gasteiger partial charge in [0.25, 0.3) is 0 Å². The summed E-state index contributed by atoms with van der Waals surface area (Å²) >= 11 is 6.16. The number of rotatable bonds is 4. The van der Waals surface area contributed by atoms with Crippen LogP contribution in [0.5, 0.6) is 11.5 Å². The summed E-state index contributed by atoms with van der Waals surface area (Å²) in [6, 6.07) is 9.13. The molecule has 1 unspecified atom stereocenters. The second-order valence-corrected chi connectivity index (χ2v) is 6.43. The zero-order valence-corrected chi connectivity index (χ0v) is 15.3. The van der Waals surface area contributed by atoms with Gasteiger partial charge in [0.15, 0.2) is 0 Å². The van der Waals surface area contributed by atoms with Gasteiger partial charge in [-0.2, -0.15) is 0 Å². The average Bonchev–Trinajstić information content (AvgIpc) is 3.12. The van der Waals surface area contributed by atoms with Crippen molar-refractivity contribution in [2.75, 3.05) is 26.1 Å². The molecule has 2 amide bonds. The van der Waals surface area contributed by atoms with Crippen LogP contribution in [0.4, 0.5) is 14.9 Å². The van der Waals surface area contributed by atoms with Crippen LogP contribution in [0.3, 0.4) is 0 Å². The van der Waals surface area contributed by atoms with Crippen molar-refractivity contribution in [2.45, 2.75) is 18.9 Å². The van der Waals surface area contributed by atoms with E-state index in [0.29, 0.717) is 28.8 Å². The van der Waals surface area contributed by atoms with Gasteiger partial charge in [0, 0.05) is 12.6 Å². The Balaban J connectivity index is 1.82. The summed E-state index contributed by atoms with van der Waals surface area (Å²) in [4.78, 5) is 14.5. The lowest BCUT2D eigenvalue weighted by Crippen LogP contribution is -2.34. The number of carbonyl (C=O) groups excluding carboxylic acids is 1. The van der Waals surface area contributed by atoms with Crippen LogP contribution in [0.25, 0.3) is 0 Å². The molecule has 138 valence electrons. The summed E-state index contributed by atoms with van der Waals surface area (Å²) in [6.45, 7) is 0.596. The molecule has 1 atom stereocenters. The SMILES string of the molecule is COc1cc(OC)c(NC(=O)N2CCCC2c2cccc(F)c2)cc1Cl. The van der Waals surface area contributed by atoms with Crippen molar-refractivity contribution in [3.05, 3.63) is 52.8 Å². The van der Waals surface area contributed by atoms with Gasteiger partial charge >= 0.3 is 6.03 Å². The molecule has 0 aliphatic carbocycles. The van der Waals surface area contributed by atoms with Gasteiger partial charge in [-0.15, -0.1) is 0 Å². The van der Waals surface area contributed by atoms with Crippen molar-refractivity contribution in [3.63, 3.8) is 0 Å². The van der Waals surface area contributed by atoms with Crippen LogP contribution in [0, 0.1) is 5.82 Å². The fourth-order valence-corrected chi connectivity index (χ4v) is 3.46. The second kappa shape index (κ2) is 7.83. The molecule has 0 radical (unpaired) electrons. The number of hydrogen-bond acceptors (Lipinski definition) is 3. The number of urea groups is 1. The first kappa shape index (κ1) is 18.3. The predicted octanol–water partition coefficient (Wildman–Crippen LogP) is 4.87. The number of amides is 2. The lowest BCUT2D eigenvalue weighted by molar-refractivity contribution is 0.207. The van der Waals surface area contributed by atoms with Gasteiger partial charge in [-0.05, 0) is 36.6 Å². The number of methoxy groups -OCH3 is 2. The van der Waals surface area contributed by atoms with Gasteiger partial charge in [0.1, 0.15) is 17.3 Å². The molecule has 26 heavy (non-hydrogen) atoms. The van der Waals surface area contributed by atoms with Gasteiger partial charge in [0.2, 0.25) is 0 Å². The molecule has 1 fully saturated rings. The van der Waals surface area contributed by atoms with E-state index < -0.39 is 0 Å². The van der Waals surface area contributed by atoms with E-state index >= 15 is 0 Å². The Morgan fingerprint density at radius 2 is 2.00 bits per heavy atom. The first-order valence-electron chi connectivity index (χ1n) is 8.28. The minimum Gasteiger partial charge on any atom is -0.495 e. The van der Waals surface area contributed by atoms with Crippen LogP contribution in [-0.2, 0) is 0 Å². The minimum atomic E-state index is -0.307. The van der Waals surface area contributed by atoms with E-state index in [0.717, 1.165) is 18.4 Å². The van der Waals surface area contributed by atoms with Crippen molar-refractivity contribution in [1.82, 2.24) is 4.90 Å². The molecular formula is C19H20ClFN2O3. The minimum absolute atomic E-state index is 0.162. The normalized spacial score (nSPS) is 16.5. The molecule has 1 heterocycles. The summed E-state index contributed by atoms with van der Waals surface area (Å²) in [5.41, 5.74) is 1.24. The molecule has 1 N–H and O–H groups in total. The van der Waals surface area contributed by atoms with E-state index in [-0.39, 0.29) is 17.9 Å². The van der Waals surface area contributed by atoms with E-state index in [1.54, 1.807) is 23.1 Å². The molecule has 2 aromatic carbocycles. The average molecular weight is 379 g/mol. The number of benzene rings is 2. The Kier molecular flexibility index (Phi) is 5.52. The third-order valence-electron chi connectivity index (χ3n) is 4.46. The Hall–Kier alpha value is -2.47. The number of nitrogens with zero attached hydrogens (tertiary/aromatic N) is 1. The number of ether oxygens (including phenoxy) is 2. The number of halogens is 2. The highest BCUT2D eigenvalue weighted by Gasteiger charge is 2.30. The van der Waals surface area contributed by atoms with E-state index in [1.165, 1.54) is 26.4 Å². The van der Waals surface area contributed by atoms with E-state index in [1.807, 2.05) is 6.07 Å². The Morgan fingerprint density at radius 3 is 2.69 bits per heavy atom. The summed E-state index contributed by atoms with van der Waals surface area (Å²) < 4.78 is 24.0. The van der Waals surface area contributed by atoms with E-state index in [9.17, 15) is 9.18 Å². The zero-order chi connectivity index (χ0) is 18.7. The molecular weight excluding hydrogens is 359 g/mol. The van der Waals surface area contributed by atoms with Crippen molar-refractivity contribution >= 4 is 23.3 Å². The number of anilines is 1. The fourth-order valence-electron chi connectivity index (χ4n) is 3.21. The molecule has 2 aromatic rings. The molecule has 1 aliphatic rings. The standard InChI is InChI=1S/C19H20ClFN2O3/c1-25-17-11-18(26-2)15(10-14(17)20)22-19(24)23-8-4-7-16(23)12-5-3-6-13(21)9-12/h3,5-6,9-11,16H,4,7-8H2,1-2H3,(H,22,24). The maximum absolute atomic E-state index is 13.5. The van der Waals surface area contributed by atoms with Crippen LogP contribution >= 0.6 is 11.6 Å². The molecule has 0 bridgehead atoms. The summed E-state index contributed by atoms with van der Waals surface area (Å²) in [7, 11) is 3.01. The van der Waals surface area contributed by atoms with Crippen LogP contribution in [0.15, 0.2) is 36.4 Å². The van der Waals surface area contributed by atoms with Gasteiger partial charge in [0.05, 0.1) is 31.0 Å². The quantitative estimate of drug-likeness (QED) is 0.826. The van der Waals surface area contributed by atoms with Crippen LogP contribution < -0.4 is 14.8 Å². The van der Waals surface area contributed by atoms with E-state index in [2.05, 4.69) is 5.32 Å².